The zero-order valence-electron chi connectivity index (χ0n) is 10.2. The molecule has 0 aliphatic carbocycles. The number of ether oxygens (including phenoxy) is 2. The Morgan fingerprint density at radius 1 is 1.44 bits per heavy atom. The molecule has 0 aromatic rings. The van der Waals surface area contributed by atoms with Gasteiger partial charge in [-0.3, -0.25) is 4.90 Å². The van der Waals surface area contributed by atoms with Crippen molar-refractivity contribution in [3.63, 3.8) is 0 Å². The smallest absolute Gasteiger partial charge is 0.411 e. The van der Waals surface area contributed by atoms with Crippen molar-refractivity contribution in [2.75, 3.05) is 32.8 Å². The van der Waals surface area contributed by atoms with Crippen LogP contribution < -0.4 is 5.32 Å². The van der Waals surface area contributed by atoms with Crippen molar-refractivity contribution < 1.29 is 14.3 Å². The summed E-state index contributed by atoms with van der Waals surface area (Å²) < 4.78 is 10.9. The van der Waals surface area contributed by atoms with Gasteiger partial charge in [-0.05, 0) is 20.8 Å². The lowest BCUT2D eigenvalue weighted by Gasteiger charge is -2.52. The summed E-state index contributed by atoms with van der Waals surface area (Å²) in [7, 11) is 0. The van der Waals surface area contributed by atoms with E-state index in [4.69, 9.17) is 9.47 Å². The molecule has 2 saturated heterocycles. The van der Waals surface area contributed by atoms with Crippen molar-refractivity contribution in [1.82, 2.24) is 10.2 Å². The number of amides is 1. The first-order valence-corrected chi connectivity index (χ1v) is 5.72. The first kappa shape index (κ1) is 11.7. The SMILES string of the molecule is CC(C)(C)OC(=O)N1CCOCC12CNC2. The van der Waals surface area contributed by atoms with Crippen molar-refractivity contribution in [3.05, 3.63) is 0 Å². The van der Waals surface area contributed by atoms with Crippen molar-refractivity contribution in [2.45, 2.75) is 31.9 Å². The minimum absolute atomic E-state index is 0.166. The van der Waals surface area contributed by atoms with Gasteiger partial charge in [0.2, 0.25) is 0 Å². The van der Waals surface area contributed by atoms with Gasteiger partial charge in [0.15, 0.2) is 0 Å². The molecular weight excluding hydrogens is 208 g/mol. The average Bonchev–Trinajstić information content (AvgIpc) is 2.12. The normalized spacial score (nSPS) is 24.1. The lowest BCUT2D eigenvalue weighted by molar-refractivity contribution is -0.0938. The highest BCUT2D eigenvalue weighted by molar-refractivity contribution is 5.70. The summed E-state index contributed by atoms with van der Waals surface area (Å²) >= 11 is 0. The Balaban J connectivity index is 2.03. The molecule has 1 spiro atoms. The van der Waals surface area contributed by atoms with Crippen LogP contribution in [0.15, 0.2) is 0 Å². The Bertz CT molecular complexity index is 281. The molecule has 92 valence electrons. The number of nitrogens with one attached hydrogen (secondary N) is 1. The number of rotatable bonds is 0. The van der Waals surface area contributed by atoms with Gasteiger partial charge in [-0.25, -0.2) is 4.79 Å². The Morgan fingerprint density at radius 3 is 2.62 bits per heavy atom. The molecule has 16 heavy (non-hydrogen) atoms. The number of hydrogen-bond acceptors (Lipinski definition) is 4. The lowest BCUT2D eigenvalue weighted by Crippen LogP contribution is -2.74. The molecule has 0 aromatic carbocycles. The number of nitrogens with zero attached hydrogens (tertiary/aromatic N) is 1. The first-order chi connectivity index (χ1) is 7.43. The van der Waals surface area contributed by atoms with Crippen molar-refractivity contribution >= 4 is 6.09 Å². The summed E-state index contributed by atoms with van der Waals surface area (Å²) in [5.74, 6) is 0. The molecule has 0 atom stereocenters. The Morgan fingerprint density at radius 2 is 2.12 bits per heavy atom. The molecule has 1 amide bonds. The summed E-state index contributed by atoms with van der Waals surface area (Å²) in [5, 5.41) is 3.19. The third-order valence-electron chi connectivity index (χ3n) is 2.92. The van der Waals surface area contributed by atoms with Crippen LogP contribution >= 0.6 is 0 Å². The number of morpholine rings is 1. The van der Waals surface area contributed by atoms with Crippen LogP contribution in [0.25, 0.3) is 0 Å². The average molecular weight is 228 g/mol. The van der Waals surface area contributed by atoms with Crippen molar-refractivity contribution in [2.24, 2.45) is 0 Å². The monoisotopic (exact) mass is 228 g/mol. The predicted molar refractivity (Wildman–Crippen MR) is 59.4 cm³/mol. The topological polar surface area (TPSA) is 50.8 Å². The van der Waals surface area contributed by atoms with Gasteiger partial charge in [-0.15, -0.1) is 0 Å². The molecule has 0 saturated carbocycles. The Kier molecular flexibility index (Phi) is 2.84. The van der Waals surface area contributed by atoms with Gasteiger partial charge in [0.25, 0.3) is 0 Å². The van der Waals surface area contributed by atoms with Gasteiger partial charge >= 0.3 is 6.09 Å². The molecule has 2 rings (SSSR count). The van der Waals surface area contributed by atoms with Gasteiger partial charge in [0.05, 0.1) is 18.8 Å². The van der Waals surface area contributed by atoms with Crippen LogP contribution in [0, 0.1) is 0 Å². The molecular formula is C11H20N2O3. The maximum absolute atomic E-state index is 12.0. The quantitative estimate of drug-likeness (QED) is 0.659. The van der Waals surface area contributed by atoms with Crippen LogP contribution in [0.4, 0.5) is 4.79 Å². The van der Waals surface area contributed by atoms with E-state index in [1.165, 1.54) is 0 Å². The van der Waals surface area contributed by atoms with Crippen molar-refractivity contribution in [1.29, 1.82) is 0 Å². The highest BCUT2D eigenvalue weighted by Crippen LogP contribution is 2.26. The van der Waals surface area contributed by atoms with Crippen LogP contribution in [0.3, 0.4) is 0 Å². The van der Waals surface area contributed by atoms with Gasteiger partial charge < -0.3 is 14.8 Å². The summed E-state index contributed by atoms with van der Waals surface area (Å²) in [6.07, 6.45) is -0.225. The second-order valence-corrected chi connectivity index (χ2v) is 5.51. The lowest BCUT2D eigenvalue weighted by atomic mass is 9.90. The molecule has 0 unspecified atom stereocenters. The fourth-order valence-corrected chi connectivity index (χ4v) is 2.04. The molecule has 2 heterocycles. The maximum atomic E-state index is 12.0. The maximum Gasteiger partial charge on any atom is 0.411 e. The van der Waals surface area contributed by atoms with Crippen LogP contribution in [-0.4, -0.2) is 55.0 Å². The van der Waals surface area contributed by atoms with E-state index in [-0.39, 0.29) is 11.6 Å². The molecule has 5 heteroatoms. The molecule has 2 aliphatic heterocycles. The first-order valence-electron chi connectivity index (χ1n) is 5.72. The van der Waals surface area contributed by atoms with E-state index in [1.54, 1.807) is 0 Å². The van der Waals surface area contributed by atoms with Crippen molar-refractivity contribution in [3.8, 4) is 0 Å². The van der Waals surface area contributed by atoms with E-state index in [2.05, 4.69) is 5.32 Å². The fourth-order valence-electron chi connectivity index (χ4n) is 2.04. The molecule has 1 N–H and O–H groups in total. The van der Waals surface area contributed by atoms with E-state index in [9.17, 15) is 4.79 Å². The van der Waals surface area contributed by atoms with Gasteiger partial charge in [-0.1, -0.05) is 0 Å². The predicted octanol–water partition coefficient (Wildman–Crippen LogP) is 0.596. The highest BCUT2D eigenvalue weighted by atomic mass is 16.6. The van der Waals surface area contributed by atoms with Crippen LogP contribution in [0.1, 0.15) is 20.8 Å². The van der Waals surface area contributed by atoms with E-state index < -0.39 is 5.60 Å². The molecule has 2 aliphatic rings. The Hall–Kier alpha value is -0.810. The van der Waals surface area contributed by atoms with Crippen LogP contribution in [-0.2, 0) is 9.47 Å². The van der Waals surface area contributed by atoms with E-state index >= 15 is 0 Å². The highest BCUT2D eigenvalue weighted by Gasteiger charge is 2.48. The fraction of sp³-hybridized carbons (Fsp3) is 0.909. The summed E-state index contributed by atoms with van der Waals surface area (Å²) in [5.41, 5.74) is -0.603. The van der Waals surface area contributed by atoms with E-state index in [1.807, 2.05) is 25.7 Å². The third kappa shape index (κ3) is 2.15. The standard InChI is InChI=1S/C11H20N2O3/c1-10(2,3)16-9(14)13-4-5-15-8-11(13)6-12-7-11/h12H,4-8H2,1-3H3. The van der Waals surface area contributed by atoms with Gasteiger partial charge in [0.1, 0.15) is 5.60 Å². The number of carbonyl (C=O) groups excluding carboxylic acids is 1. The molecule has 5 nitrogen and oxygen atoms in total. The third-order valence-corrected chi connectivity index (χ3v) is 2.92. The van der Waals surface area contributed by atoms with Gasteiger partial charge in [-0.2, -0.15) is 0 Å². The largest absolute Gasteiger partial charge is 0.444 e. The number of carbonyl (C=O) groups is 1. The minimum atomic E-state index is -0.437. The summed E-state index contributed by atoms with van der Waals surface area (Å²) in [4.78, 5) is 13.9. The summed E-state index contributed by atoms with van der Waals surface area (Å²) in [6.45, 7) is 9.08. The Labute approximate surface area is 96.1 Å². The molecule has 0 radical (unpaired) electrons. The molecule has 0 bridgehead atoms. The molecule has 2 fully saturated rings. The molecule has 0 aromatic heterocycles. The zero-order valence-corrected chi connectivity index (χ0v) is 10.2. The zero-order chi connectivity index (χ0) is 11.8. The second kappa shape index (κ2) is 3.89. The summed E-state index contributed by atoms with van der Waals surface area (Å²) in [6, 6.07) is 0. The van der Waals surface area contributed by atoms with E-state index in [0.29, 0.717) is 19.8 Å². The second-order valence-electron chi connectivity index (χ2n) is 5.51. The van der Waals surface area contributed by atoms with Crippen LogP contribution in [0.5, 0.6) is 0 Å². The van der Waals surface area contributed by atoms with Crippen LogP contribution in [0.2, 0.25) is 0 Å². The minimum Gasteiger partial charge on any atom is -0.444 e. The van der Waals surface area contributed by atoms with E-state index in [0.717, 1.165) is 13.1 Å². The number of hydrogen-bond donors (Lipinski definition) is 1. The van der Waals surface area contributed by atoms with Gasteiger partial charge in [0, 0.05) is 19.6 Å².